The van der Waals surface area contributed by atoms with E-state index < -0.39 is 0 Å². The number of fused-ring (bicyclic) bond motifs is 2. The molecule has 3 aromatic rings. The zero-order valence-electron chi connectivity index (χ0n) is 12.8. The van der Waals surface area contributed by atoms with Crippen LogP contribution in [0.3, 0.4) is 0 Å². The number of nitrogens with two attached hydrogens (primary N) is 1. The van der Waals surface area contributed by atoms with Crippen LogP contribution in [0.5, 0.6) is 0 Å². The summed E-state index contributed by atoms with van der Waals surface area (Å²) in [6.45, 7) is 1.73. The third kappa shape index (κ3) is 1.85. The maximum absolute atomic E-state index is 5.94. The van der Waals surface area contributed by atoms with Gasteiger partial charge in [-0.05, 0) is 18.6 Å². The molecule has 0 aliphatic carbocycles. The minimum atomic E-state index is 0.527. The number of aryl methyl sites for hydroxylation is 2. The molecule has 1 aliphatic rings. The average molecular weight is 297 g/mol. The molecule has 0 radical (unpaired) electrons. The number of hydrogen-bond donors (Lipinski definition) is 1. The summed E-state index contributed by atoms with van der Waals surface area (Å²) in [5.41, 5.74) is 8.95. The van der Waals surface area contributed by atoms with Gasteiger partial charge in [0.05, 0.1) is 17.7 Å². The summed E-state index contributed by atoms with van der Waals surface area (Å²) in [6.07, 6.45) is 2.19. The normalized spacial score (nSPS) is 13.7. The number of aromatic nitrogens is 5. The van der Waals surface area contributed by atoms with Crippen molar-refractivity contribution in [1.29, 1.82) is 0 Å². The van der Waals surface area contributed by atoms with Crippen LogP contribution in [0.1, 0.15) is 18.1 Å². The van der Waals surface area contributed by atoms with E-state index in [1.165, 1.54) is 0 Å². The van der Waals surface area contributed by atoms with E-state index in [-0.39, 0.29) is 0 Å². The Kier molecular flexibility index (Phi) is 2.82. The maximum Gasteiger partial charge on any atom is 0.201 e. The zero-order valence-corrected chi connectivity index (χ0v) is 12.8. The Hall–Kier alpha value is -2.57. The summed E-state index contributed by atoms with van der Waals surface area (Å²) in [5, 5.41) is 8.60. The van der Waals surface area contributed by atoms with Crippen molar-refractivity contribution in [2.24, 2.45) is 7.05 Å². The Morgan fingerprint density at radius 1 is 1.32 bits per heavy atom. The van der Waals surface area contributed by atoms with Gasteiger partial charge in [0.1, 0.15) is 11.3 Å². The number of para-hydroxylation sites is 1. The molecule has 0 spiro atoms. The SMILES string of the molecule is CN(Cc1nnc2n1CCC2)c1cccc2c1nc(N)n2C. The van der Waals surface area contributed by atoms with Crippen LogP contribution in [0.25, 0.3) is 11.0 Å². The lowest BCUT2D eigenvalue weighted by Gasteiger charge is -2.19. The largest absolute Gasteiger partial charge is 0.369 e. The third-order valence-electron chi connectivity index (χ3n) is 4.40. The molecule has 22 heavy (non-hydrogen) atoms. The van der Waals surface area contributed by atoms with Crippen LogP contribution in [0.2, 0.25) is 0 Å². The van der Waals surface area contributed by atoms with Crippen LogP contribution in [0, 0.1) is 0 Å². The van der Waals surface area contributed by atoms with Crippen molar-refractivity contribution in [2.75, 3.05) is 17.7 Å². The van der Waals surface area contributed by atoms with E-state index in [0.29, 0.717) is 12.5 Å². The summed E-state index contributed by atoms with van der Waals surface area (Å²) in [5.74, 6) is 2.64. The Bertz CT molecular complexity index is 845. The van der Waals surface area contributed by atoms with Crippen molar-refractivity contribution in [2.45, 2.75) is 25.9 Å². The van der Waals surface area contributed by atoms with Gasteiger partial charge in [0.2, 0.25) is 5.95 Å². The Morgan fingerprint density at radius 2 is 2.18 bits per heavy atom. The van der Waals surface area contributed by atoms with Crippen LogP contribution < -0.4 is 10.6 Å². The van der Waals surface area contributed by atoms with E-state index in [1.54, 1.807) is 0 Å². The van der Waals surface area contributed by atoms with Gasteiger partial charge >= 0.3 is 0 Å². The van der Waals surface area contributed by atoms with Gasteiger partial charge in [-0.25, -0.2) is 4.98 Å². The molecule has 2 N–H and O–H groups in total. The van der Waals surface area contributed by atoms with E-state index in [9.17, 15) is 0 Å². The predicted octanol–water partition coefficient (Wildman–Crippen LogP) is 1.33. The van der Waals surface area contributed by atoms with Crippen molar-refractivity contribution in [3.63, 3.8) is 0 Å². The monoisotopic (exact) mass is 297 g/mol. The molecule has 0 amide bonds. The van der Waals surface area contributed by atoms with Gasteiger partial charge in [0.25, 0.3) is 0 Å². The highest BCUT2D eigenvalue weighted by Gasteiger charge is 2.19. The quantitative estimate of drug-likeness (QED) is 0.789. The number of nitrogens with zero attached hydrogens (tertiary/aromatic N) is 6. The van der Waals surface area contributed by atoms with Crippen molar-refractivity contribution in [3.05, 3.63) is 29.8 Å². The molecule has 0 bridgehead atoms. The fourth-order valence-electron chi connectivity index (χ4n) is 3.15. The molecule has 0 saturated heterocycles. The highest BCUT2D eigenvalue weighted by molar-refractivity contribution is 5.90. The second-order valence-electron chi connectivity index (χ2n) is 5.82. The molecule has 7 nitrogen and oxygen atoms in total. The van der Waals surface area contributed by atoms with E-state index in [4.69, 9.17) is 5.73 Å². The second kappa shape index (κ2) is 4.72. The number of rotatable bonds is 3. The summed E-state index contributed by atoms with van der Waals surface area (Å²) in [4.78, 5) is 6.65. The second-order valence-corrected chi connectivity index (χ2v) is 5.82. The lowest BCUT2D eigenvalue weighted by molar-refractivity contribution is 0.677. The van der Waals surface area contributed by atoms with E-state index in [0.717, 1.165) is 47.8 Å². The molecule has 0 saturated carbocycles. The molecule has 114 valence electrons. The zero-order chi connectivity index (χ0) is 15.3. The van der Waals surface area contributed by atoms with Crippen LogP contribution in [0.4, 0.5) is 11.6 Å². The number of hydrogen-bond acceptors (Lipinski definition) is 5. The average Bonchev–Trinajstić information content (AvgIpc) is 3.17. The molecule has 1 aromatic carbocycles. The smallest absolute Gasteiger partial charge is 0.201 e. The number of benzene rings is 1. The van der Waals surface area contributed by atoms with Gasteiger partial charge in [0.15, 0.2) is 5.82 Å². The summed E-state index contributed by atoms with van der Waals surface area (Å²) < 4.78 is 4.13. The summed E-state index contributed by atoms with van der Waals surface area (Å²) in [6, 6.07) is 6.13. The molecule has 3 heterocycles. The van der Waals surface area contributed by atoms with Crippen LogP contribution >= 0.6 is 0 Å². The molecule has 0 atom stereocenters. The minimum absolute atomic E-state index is 0.527. The molecular formula is C15H19N7. The first-order valence-electron chi connectivity index (χ1n) is 7.48. The Labute approximate surface area is 128 Å². The fourth-order valence-corrected chi connectivity index (χ4v) is 3.15. The van der Waals surface area contributed by atoms with E-state index in [1.807, 2.05) is 23.7 Å². The maximum atomic E-state index is 5.94. The number of imidazole rings is 1. The fraction of sp³-hybridized carbons (Fsp3) is 0.400. The van der Waals surface area contributed by atoms with Crippen molar-refractivity contribution in [1.82, 2.24) is 24.3 Å². The van der Waals surface area contributed by atoms with Gasteiger partial charge in [-0.1, -0.05) is 6.07 Å². The van der Waals surface area contributed by atoms with E-state index in [2.05, 4.69) is 37.8 Å². The molecule has 4 rings (SSSR count). The Morgan fingerprint density at radius 3 is 3.05 bits per heavy atom. The van der Waals surface area contributed by atoms with Crippen molar-refractivity contribution in [3.8, 4) is 0 Å². The van der Waals surface area contributed by atoms with Crippen LogP contribution in [-0.4, -0.2) is 31.4 Å². The molecule has 0 unspecified atom stereocenters. The van der Waals surface area contributed by atoms with Gasteiger partial charge in [-0.15, -0.1) is 10.2 Å². The first-order chi connectivity index (χ1) is 10.6. The molecule has 2 aromatic heterocycles. The van der Waals surface area contributed by atoms with E-state index >= 15 is 0 Å². The van der Waals surface area contributed by atoms with Crippen molar-refractivity contribution < 1.29 is 0 Å². The minimum Gasteiger partial charge on any atom is -0.369 e. The van der Waals surface area contributed by atoms with Crippen LogP contribution in [-0.2, 0) is 26.6 Å². The summed E-state index contributed by atoms with van der Waals surface area (Å²) >= 11 is 0. The lowest BCUT2D eigenvalue weighted by Crippen LogP contribution is -2.19. The third-order valence-corrected chi connectivity index (χ3v) is 4.40. The van der Waals surface area contributed by atoms with Gasteiger partial charge in [-0.3, -0.25) is 0 Å². The molecule has 0 fully saturated rings. The van der Waals surface area contributed by atoms with Crippen LogP contribution in [0.15, 0.2) is 18.2 Å². The van der Waals surface area contributed by atoms with Gasteiger partial charge in [0, 0.05) is 27.1 Å². The highest BCUT2D eigenvalue weighted by Crippen LogP contribution is 2.28. The van der Waals surface area contributed by atoms with Gasteiger partial charge in [-0.2, -0.15) is 0 Å². The molecule has 7 heteroatoms. The molecule has 1 aliphatic heterocycles. The number of anilines is 2. The predicted molar refractivity (Wildman–Crippen MR) is 85.6 cm³/mol. The highest BCUT2D eigenvalue weighted by atomic mass is 15.3. The molecular weight excluding hydrogens is 278 g/mol. The topological polar surface area (TPSA) is 77.8 Å². The first-order valence-corrected chi connectivity index (χ1v) is 7.48. The number of nitrogen functional groups attached to an aromatic ring is 1. The Balaban J connectivity index is 1.71. The standard InChI is InChI=1S/C15H19N7/c1-20(9-13-19-18-12-7-4-8-22(12)13)10-5-3-6-11-14(10)17-15(16)21(11)2/h3,5-6H,4,7-9H2,1-2H3,(H2,16,17). The van der Waals surface area contributed by atoms with Crippen molar-refractivity contribution >= 4 is 22.7 Å². The lowest BCUT2D eigenvalue weighted by atomic mass is 10.2. The summed E-state index contributed by atoms with van der Waals surface area (Å²) in [7, 11) is 3.98. The first kappa shape index (κ1) is 13.1. The van der Waals surface area contributed by atoms with Gasteiger partial charge < -0.3 is 19.8 Å².